The first-order chi connectivity index (χ1) is 22.4. The molecule has 0 aromatic heterocycles. The molecular weight excluding hydrogens is 582 g/mol. The van der Waals surface area contributed by atoms with Gasteiger partial charge in [0.25, 0.3) is 5.91 Å². The van der Waals surface area contributed by atoms with E-state index in [-0.39, 0.29) is 43.8 Å². The quantitative estimate of drug-likeness (QED) is 0.292. The Balaban J connectivity index is 1.29. The van der Waals surface area contributed by atoms with Gasteiger partial charge in [-0.2, -0.15) is 10.3 Å². The van der Waals surface area contributed by atoms with Gasteiger partial charge in [-0.3, -0.25) is 14.4 Å². The maximum atomic E-state index is 14.2. The average molecular weight is 616 g/mol. The van der Waals surface area contributed by atoms with Crippen LogP contribution in [0.15, 0.2) is 97.1 Å². The van der Waals surface area contributed by atoms with Crippen LogP contribution in [0.25, 0.3) is 10.8 Å². The van der Waals surface area contributed by atoms with Gasteiger partial charge in [0.2, 0.25) is 11.8 Å². The number of nitriles is 1. The molecule has 0 aliphatic carbocycles. The van der Waals surface area contributed by atoms with Gasteiger partial charge in [0.1, 0.15) is 18.8 Å². The highest BCUT2D eigenvalue weighted by Gasteiger charge is 2.52. The summed E-state index contributed by atoms with van der Waals surface area (Å²) in [6.45, 7) is 0.0743. The highest BCUT2D eigenvalue weighted by atomic mass is 16.2. The highest BCUT2D eigenvalue weighted by Crippen LogP contribution is 2.31. The van der Waals surface area contributed by atoms with E-state index in [9.17, 15) is 24.4 Å². The molecule has 0 unspecified atom stereocenters. The molecule has 232 valence electrons. The first-order valence-electron chi connectivity index (χ1n) is 15.0. The lowest BCUT2D eigenvalue weighted by Crippen LogP contribution is -2.66. The highest BCUT2D eigenvalue weighted by molar-refractivity contribution is 6.04. The molecule has 0 radical (unpaired) electrons. The van der Waals surface area contributed by atoms with E-state index in [2.05, 4.69) is 10.6 Å². The second-order valence-electron chi connectivity index (χ2n) is 11.2. The number of fused-ring (bicyclic) bond motifs is 2. The molecule has 11 heteroatoms. The van der Waals surface area contributed by atoms with Crippen molar-refractivity contribution in [2.75, 3.05) is 32.0 Å². The SMILES string of the molecule is CNC(=O)N(CC#N)N1CC(=O)N2[C@@H](Cc3ccc(NC(=O)c4ccccc4)cc3)C(=O)N(Cc3cccc4ccccc34)C[C@@H]21. The minimum Gasteiger partial charge on any atom is -0.340 e. The summed E-state index contributed by atoms with van der Waals surface area (Å²) in [5.74, 6) is -0.733. The van der Waals surface area contributed by atoms with Crippen molar-refractivity contribution in [2.45, 2.75) is 25.2 Å². The van der Waals surface area contributed by atoms with Crippen LogP contribution in [0, 0.1) is 11.3 Å². The summed E-state index contributed by atoms with van der Waals surface area (Å²) >= 11 is 0. The van der Waals surface area contributed by atoms with Crippen molar-refractivity contribution in [2.24, 2.45) is 0 Å². The first kappa shape index (κ1) is 30.3. The van der Waals surface area contributed by atoms with E-state index in [1.165, 1.54) is 12.1 Å². The van der Waals surface area contributed by atoms with Crippen LogP contribution >= 0.6 is 0 Å². The fourth-order valence-electron chi connectivity index (χ4n) is 6.24. The number of piperazine rings is 1. The third-order valence-electron chi connectivity index (χ3n) is 8.46. The third-order valence-corrected chi connectivity index (χ3v) is 8.46. The van der Waals surface area contributed by atoms with Crippen LogP contribution in [0.2, 0.25) is 0 Å². The predicted octanol–water partition coefficient (Wildman–Crippen LogP) is 3.60. The number of amides is 5. The molecule has 0 bridgehead atoms. The monoisotopic (exact) mass is 615 g/mol. The number of nitrogens with zero attached hydrogens (tertiary/aromatic N) is 5. The second-order valence-corrected chi connectivity index (χ2v) is 11.2. The number of hydrogen-bond donors (Lipinski definition) is 2. The second kappa shape index (κ2) is 13.1. The Kier molecular flexibility index (Phi) is 8.63. The maximum Gasteiger partial charge on any atom is 0.332 e. The fraction of sp³-hybridized carbons (Fsp3) is 0.229. The Hall–Kier alpha value is -5.73. The molecule has 4 aromatic rings. The third kappa shape index (κ3) is 5.98. The smallest absolute Gasteiger partial charge is 0.332 e. The van der Waals surface area contributed by atoms with Gasteiger partial charge in [-0.25, -0.2) is 9.80 Å². The van der Waals surface area contributed by atoms with E-state index in [0.717, 1.165) is 21.9 Å². The van der Waals surface area contributed by atoms with E-state index in [0.29, 0.717) is 17.8 Å². The summed E-state index contributed by atoms with van der Waals surface area (Å²) in [7, 11) is 1.47. The van der Waals surface area contributed by atoms with Crippen molar-refractivity contribution in [3.05, 3.63) is 114 Å². The number of carbonyl (C=O) groups excluding carboxylic acids is 4. The van der Waals surface area contributed by atoms with Crippen molar-refractivity contribution in [1.29, 1.82) is 5.26 Å². The van der Waals surface area contributed by atoms with E-state index < -0.39 is 18.2 Å². The van der Waals surface area contributed by atoms with Crippen LogP contribution in [0.4, 0.5) is 10.5 Å². The molecule has 6 rings (SSSR count). The lowest BCUT2D eigenvalue weighted by atomic mass is 9.98. The number of hydrazine groups is 1. The summed E-state index contributed by atoms with van der Waals surface area (Å²) in [5, 5.41) is 19.8. The Morgan fingerprint density at radius 2 is 1.65 bits per heavy atom. The van der Waals surface area contributed by atoms with Gasteiger partial charge < -0.3 is 20.4 Å². The van der Waals surface area contributed by atoms with E-state index in [4.69, 9.17) is 0 Å². The number of hydrogen-bond acceptors (Lipinski definition) is 6. The summed E-state index contributed by atoms with van der Waals surface area (Å²) in [5.41, 5.74) is 2.90. The van der Waals surface area contributed by atoms with Crippen LogP contribution in [-0.4, -0.2) is 82.5 Å². The van der Waals surface area contributed by atoms with Gasteiger partial charge in [-0.1, -0.05) is 72.8 Å². The number of rotatable bonds is 8. The van der Waals surface area contributed by atoms with Crippen molar-refractivity contribution in [3.63, 3.8) is 0 Å². The minimum atomic E-state index is -0.843. The maximum absolute atomic E-state index is 14.2. The minimum absolute atomic E-state index is 0.143. The van der Waals surface area contributed by atoms with E-state index >= 15 is 0 Å². The van der Waals surface area contributed by atoms with Crippen LogP contribution in [-0.2, 0) is 22.6 Å². The summed E-state index contributed by atoms with van der Waals surface area (Å²) < 4.78 is 0. The van der Waals surface area contributed by atoms with Gasteiger partial charge in [0.15, 0.2) is 0 Å². The summed E-state index contributed by atoms with van der Waals surface area (Å²) in [6, 6.07) is 30.7. The largest absolute Gasteiger partial charge is 0.340 e. The molecule has 4 aromatic carbocycles. The van der Waals surface area contributed by atoms with Gasteiger partial charge in [0, 0.05) is 31.3 Å². The van der Waals surface area contributed by atoms with Crippen molar-refractivity contribution in [3.8, 4) is 6.07 Å². The Bertz CT molecular complexity index is 1820. The van der Waals surface area contributed by atoms with Gasteiger partial charge in [0.05, 0.1) is 19.2 Å². The fourth-order valence-corrected chi connectivity index (χ4v) is 6.24. The number of urea groups is 1. The zero-order valence-electron chi connectivity index (χ0n) is 25.3. The van der Waals surface area contributed by atoms with Crippen LogP contribution in [0.5, 0.6) is 0 Å². The van der Waals surface area contributed by atoms with Crippen molar-refractivity contribution in [1.82, 2.24) is 25.1 Å². The molecular formula is C35H33N7O4. The lowest BCUT2D eigenvalue weighted by Gasteiger charge is -2.46. The number of anilines is 1. The van der Waals surface area contributed by atoms with Gasteiger partial charge in [-0.05, 0) is 46.2 Å². The van der Waals surface area contributed by atoms with Gasteiger partial charge >= 0.3 is 6.03 Å². The molecule has 46 heavy (non-hydrogen) atoms. The molecule has 2 aliphatic heterocycles. The summed E-state index contributed by atoms with van der Waals surface area (Å²) in [4.78, 5) is 56.5. The Morgan fingerprint density at radius 1 is 0.935 bits per heavy atom. The van der Waals surface area contributed by atoms with Gasteiger partial charge in [-0.15, -0.1) is 0 Å². The Morgan fingerprint density at radius 3 is 2.39 bits per heavy atom. The molecule has 11 nitrogen and oxygen atoms in total. The van der Waals surface area contributed by atoms with Crippen molar-refractivity contribution >= 4 is 40.2 Å². The predicted molar refractivity (Wildman–Crippen MR) is 172 cm³/mol. The number of carbonyl (C=O) groups is 4. The molecule has 0 saturated carbocycles. The molecule has 2 fully saturated rings. The first-order valence-corrected chi connectivity index (χ1v) is 15.0. The number of benzene rings is 4. The lowest BCUT2D eigenvalue weighted by molar-refractivity contribution is -0.157. The molecule has 2 aliphatic rings. The van der Waals surface area contributed by atoms with E-state index in [1.807, 2.05) is 66.7 Å². The van der Waals surface area contributed by atoms with E-state index in [1.54, 1.807) is 51.2 Å². The molecule has 0 spiro atoms. The molecule has 2 heterocycles. The number of nitrogens with one attached hydrogen (secondary N) is 2. The average Bonchev–Trinajstić information content (AvgIpc) is 3.41. The Labute approximate surface area is 266 Å². The summed E-state index contributed by atoms with van der Waals surface area (Å²) in [6.07, 6.45) is -0.424. The van der Waals surface area contributed by atoms with Crippen LogP contribution in [0.3, 0.4) is 0 Å². The molecule has 5 amide bonds. The standard InChI is InChI=1S/C35H33N7O4/c1-37-35(46)40(19-18-36)41-23-32(43)42-30(20-24-14-16-28(17-15-24)38-33(44)26-9-3-2-4-10-26)34(45)39(22-31(41)42)21-27-12-7-11-25-8-5-6-13-29(25)27/h2-17,30-31H,19-23H2,1H3,(H,37,46)(H,38,44)/t30-,31+/m0/s1. The molecule has 2 saturated heterocycles. The normalized spacial score (nSPS) is 17.8. The zero-order chi connectivity index (χ0) is 32.2. The van der Waals surface area contributed by atoms with Crippen LogP contribution in [0.1, 0.15) is 21.5 Å². The zero-order valence-corrected chi connectivity index (χ0v) is 25.3. The van der Waals surface area contributed by atoms with Crippen molar-refractivity contribution < 1.29 is 19.2 Å². The molecule has 2 N–H and O–H groups in total. The molecule has 2 atom stereocenters. The van der Waals surface area contributed by atoms with Crippen LogP contribution < -0.4 is 10.6 Å². The topological polar surface area (TPSA) is 129 Å².